The second-order valence-corrected chi connectivity index (χ2v) is 8.11. The quantitative estimate of drug-likeness (QED) is 0.518. The Morgan fingerprint density at radius 1 is 1.24 bits per heavy atom. The topological polar surface area (TPSA) is 12.0 Å². The lowest BCUT2D eigenvalue weighted by atomic mass is 10.0. The molecule has 1 nitrogen and oxygen atoms in total. The van der Waals surface area contributed by atoms with Gasteiger partial charge in [-0.05, 0) is 63.0 Å². The molecule has 2 aromatic rings. The van der Waals surface area contributed by atoms with Gasteiger partial charge in [0.1, 0.15) is 11.6 Å². The maximum atomic E-state index is 14.2. The van der Waals surface area contributed by atoms with E-state index in [2.05, 4.69) is 37.2 Å². The van der Waals surface area contributed by atoms with Gasteiger partial charge in [-0.1, -0.05) is 18.5 Å². The lowest BCUT2D eigenvalue weighted by molar-refractivity contribution is 0.539. The Kier molecular flexibility index (Phi) is 6.20. The van der Waals surface area contributed by atoms with Crippen LogP contribution in [0.1, 0.15) is 29.8 Å². The van der Waals surface area contributed by atoms with Crippen LogP contribution < -0.4 is 5.32 Å². The third-order valence-corrected chi connectivity index (χ3v) is 6.51. The second kappa shape index (κ2) is 7.51. The molecule has 0 aliphatic rings. The summed E-state index contributed by atoms with van der Waals surface area (Å²) in [5.41, 5.74) is 0.256. The molecule has 1 N–H and O–H groups in total. The highest BCUT2D eigenvalue weighted by atomic mass is 79.9. The van der Waals surface area contributed by atoms with Crippen LogP contribution in [0.15, 0.2) is 26.5 Å². The molecule has 1 aromatic carbocycles. The smallest absolute Gasteiger partial charge is 0.142 e. The Balaban J connectivity index is 2.47. The van der Waals surface area contributed by atoms with Gasteiger partial charge in [0.05, 0.1) is 14.9 Å². The first kappa shape index (κ1) is 17.3. The molecule has 0 fully saturated rings. The maximum Gasteiger partial charge on any atom is 0.142 e. The summed E-state index contributed by atoms with van der Waals surface area (Å²) in [6.45, 7) is 2.71. The average molecular weight is 460 g/mol. The van der Waals surface area contributed by atoms with Gasteiger partial charge in [0.15, 0.2) is 0 Å². The highest BCUT2D eigenvalue weighted by Crippen LogP contribution is 2.38. The number of nitrogens with one attached hydrogen (secondary N) is 1. The van der Waals surface area contributed by atoms with Gasteiger partial charge in [-0.15, -0.1) is 11.3 Å². The summed E-state index contributed by atoms with van der Waals surface area (Å²) in [5, 5.41) is 3.04. The minimum absolute atomic E-state index is 0.209. The molecule has 1 unspecified atom stereocenters. The fraction of sp³-hybridized carbons (Fsp3) is 0.286. The van der Waals surface area contributed by atoms with Crippen molar-refractivity contribution in [1.29, 1.82) is 0 Å². The van der Waals surface area contributed by atoms with Gasteiger partial charge in [0.2, 0.25) is 0 Å². The third-order valence-electron chi connectivity index (χ3n) is 2.90. The van der Waals surface area contributed by atoms with Gasteiger partial charge >= 0.3 is 0 Å². The van der Waals surface area contributed by atoms with Crippen molar-refractivity contribution in [2.45, 2.75) is 19.4 Å². The molecular weight excluding hydrogens is 447 g/mol. The van der Waals surface area contributed by atoms with E-state index in [0.717, 1.165) is 31.7 Å². The zero-order valence-corrected chi connectivity index (χ0v) is 15.8. The SMILES string of the molecule is CCCNC(c1cc(Br)c(Br)s1)c1cc(F)c(Cl)cc1F. The molecule has 0 aliphatic heterocycles. The molecule has 0 spiro atoms. The van der Waals surface area contributed by atoms with Crippen LogP contribution in [0, 0.1) is 11.6 Å². The van der Waals surface area contributed by atoms with Crippen molar-refractivity contribution in [3.63, 3.8) is 0 Å². The number of hydrogen-bond donors (Lipinski definition) is 1. The van der Waals surface area contributed by atoms with E-state index in [4.69, 9.17) is 11.6 Å². The van der Waals surface area contributed by atoms with Crippen LogP contribution in [0.25, 0.3) is 0 Å². The molecule has 7 heteroatoms. The number of rotatable bonds is 5. The molecule has 2 rings (SSSR count). The first-order chi connectivity index (χ1) is 9.93. The number of benzene rings is 1. The largest absolute Gasteiger partial charge is 0.306 e. The van der Waals surface area contributed by atoms with E-state index < -0.39 is 17.7 Å². The summed E-state index contributed by atoms with van der Waals surface area (Å²) >= 11 is 13.9. The number of halogens is 5. The minimum atomic E-state index is -0.619. The van der Waals surface area contributed by atoms with Gasteiger partial charge in [-0.25, -0.2) is 8.78 Å². The Morgan fingerprint density at radius 2 is 1.95 bits per heavy atom. The fourth-order valence-electron chi connectivity index (χ4n) is 1.92. The van der Waals surface area contributed by atoms with Crippen LogP contribution in [0.4, 0.5) is 8.78 Å². The Bertz CT molecular complexity index is 629. The molecule has 1 atom stereocenters. The van der Waals surface area contributed by atoms with Gasteiger partial charge in [-0.3, -0.25) is 0 Å². The summed E-state index contributed by atoms with van der Waals surface area (Å²) in [6.07, 6.45) is 0.891. The highest BCUT2D eigenvalue weighted by Gasteiger charge is 2.22. The van der Waals surface area contributed by atoms with Crippen LogP contribution in [-0.4, -0.2) is 6.54 Å². The van der Waals surface area contributed by atoms with Gasteiger partial charge in [0, 0.05) is 14.9 Å². The Morgan fingerprint density at radius 3 is 2.52 bits per heavy atom. The second-order valence-electron chi connectivity index (χ2n) is 4.45. The zero-order chi connectivity index (χ0) is 15.6. The van der Waals surface area contributed by atoms with E-state index in [-0.39, 0.29) is 10.6 Å². The predicted octanol–water partition coefficient (Wildman–Crippen LogP) is 6.29. The average Bonchev–Trinajstić information content (AvgIpc) is 2.75. The number of thiophene rings is 1. The molecule has 114 valence electrons. The van der Waals surface area contributed by atoms with Crippen molar-refractivity contribution in [2.24, 2.45) is 0 Å². The predicted molar refractivity (Wildman–Crippen MR) is 91.2 cm³/mol. The number of hydrogen-bond acceptors (Lipinski definition) is 2. The maximum absolute atomic E-state index is 14.2. The van der Waals surface area contributed by atoms with Gasteiger partial charge < -0.3 is 5.32 Å². The van der Waals surface area contributed by atoms with Gasteiger partial charge in [0.25, 0.3) is 0 Å². The summed E-state index contributed by atoms with van der Waals surface area (Å²) in [4.78, 5) is 0.892. The molecule has 0 saturated heterocycles. The Hall–Kier alpha value is -0.0100. The van der Waals surface area contributed by atoms with Crippen LogP contribution in [0.2, 0.25) is 5.02 Å². The Labute approximate surface area is 148 Å². The lowest BCUT2D eigenvalue weighted by Gasteiger charge is -2.18. The first-order valence-corrected chi connectivity index (χ1v) is 9.04. The van der Waals surface area contributed by atoms with Crippen LogP contribution >= 0.6 is 54.8 Å². The van der Waals surface area contributed by atoms with Crippen molar-refractivity contribution in [3.8, 4) is 0 Å². The molecule has 0 radical (unpaired) electrons. The molecule has 0 aliphatic carbocycles. The monoisotopic (exact) mass is 457 g/mol. The van der Waals surface area contributed by atoms with E-state index in [1.54, 1.807) is 0 Å². The van der Waals surface area contributed by atoms with E-state index in [0.29, 0.717) is 6.54 Å². The van der Waals surface area contributed by atoms with Crippen molar-refractivity contribution in [3.05, 3.63) is 53.6 Å². The zero-order valence-electron chi connectivity index (χ0n) is 11.0. The molecule has 1 aromatic heterocycles. The molecule has 0 bridgehead atoms. The molecule has 1 heterocycles. The lowest BCUT2D eigenvalue weighted by Crippen LogP contribution is -2.23. The summed E-state index contributed by atoms with van der Waals surface area (Å²) in [5.74, 6) is -1.14. The molecule has 21 heavy (non-hydrogen) atoms. The summed E-state index contributed by atoms with van der Waals surface area (Å²) < 4.78 is 29.7. The summed E-state index contributed by atoms with van der Waals surface area (Å²) in [7, 11) is 0. The molecule has 0 saturated carbocycles. The third kappa shape index (κ3) is 4.05. The van der Waals surface area contributed by atoms with Crippen LogP contribution in [-0.2, 0) is 0 Å². The van der Waals surface area contributed by atoms with Crippen molar-refractivity contribution < 1.29 is 8.78 Å². The van der Waals surface area contributed by atoms with Crippen LogP contribution in [0.3, 0.4) is 0 Å². The van der Waals surface area contributed by atoms with Crippen molar-refractivity contribution in [2.75, 3.05) is 6.54 Å². The van der Waals surface area contributed by atoms with E-state index >= 15 is 0 Å². The van der Waals surface area contributed by atoms with Crippen molar-refractivity contribution in [1.82, 2.24) is 5.32 Å². The van der Waals surface area contributed by atoms with E-state index in [1.807, 2.05) is 13.0 Å². The summed E-state index contributed by atoms with van der Waals surface area (Å²) in [6, 6.07) is 3.66. The van der Waals surface area contributed by atoms with Gasteiger partial charge in [-0.2, -0.15) is 0 Å². The molecule has 0 amide bonds. The first-order valence-electron chi connectivity index (χ1n) is 6.26. The highest BCUT2D eigenvalue weighted by molar-refractivity contribution is 9.13. The minimum Gasteiger partial charge on any atom is -0.306 e. The normalized spacial score (nSPS) is 12.7. The van der Waals surface area contributed by atoms with E-state index in [9.17, 15) is 8.78 Å². The van der Waals surface area contributed by atoms with Crippen LogP contribution in [0.5, 0.6) is 0 Å². The van der Waals surface area contributed by atoms with E-state index in [1.165, 1.54) is 11.3 Å². The fourth-order valence-corrected chi connectivity index (χ4v) is 4.25. The molecular formula is C14H12Br2ClF2NS. The standard InChI is InChI=1S/C14H12Br2ClF2NS/c1-2-3-20-13(12-5-8(15)14(16)21-12)7-4-11(19)9(17)6-10(7)18/h4-6,13,20H,2-3H2,1H3. The van der Waals surface area contributed by atoms with Crippen molar-refractivity contribution >= 4 is 54.8 Å².